The third-order valence-electron chi connectivity index (χ3n) is 4.17. The van der Waals surface area contributed by atoms with Crippen LogP contribution in [0.15, 0.2) is 41.1 Å². The standard InChI is InChI=1S/C18H16BrClF3N5O2/c1-10-15(20)16(18(21,22)23)26-28(10)11(2)17(29)25-13-7-24-27(8-13)9-30-14-5-3-12(19)4-6-14/h3-8,11H,9H2,1-2H3,(H,25,29). The van der Waals surface area contributed by atoms with E-state index in [0.717, 1.165) is 9.15 Å². The van der Waals surface area contributed by atoms with Crippen LogP contribution in [0, 0.1) is 6.92 Å². The molecule has 1 N–H and O–H groups in total. The molecule has 30 heavy (non-hydrogen) atoms. The summed E-state index contributed by atoms with van der Waals surface area (Å²) in [5.41, 5.74) is -0.817. The fraction of sp³-hybridized carbons (Fsp3) is 0.278. The van der Waals surface area contributed by atoms with Gasteiger partial charge in [0.05, 0.1) is 28.8 Å². The van der Waals surface area contributed by atoms with Crippen LogP contribution in [0.3, 0.4) is 0 Å². The van der Waals surface area contributed by atoms with Crippen molar-refractivity contribution in [2.45, 2.75) is 32.8 Å². The summed E-state index contributed by atoms with van der Waals surface area (Å²) in [5, 5.41) is 9.61. The van der Waals surface area contributed by atoms with Crippen molar-refractivity contribution in [1.82, 2.24) is 19.6 Å². The maximum absolute atomic E-state index is 13.0. The van der Waals surface area contributed by atoms with Gasteiger partial charge in [0.1, 0.15) is 11.8 Å². The van der Waals surface area contributed by atoms with E-state index in [2.05, 4.69) is 31.4 Å². The van der Waals surface area contributed by atoms with E-state index in [1.165, 1.54) is 30.9 Å². The van der Waals surface area contributed by atoms with Crippen LogP contribution in [0.4, 0.5) is 18.9 Å². The zero-order valence-corrected chi connectivity index (χ0v) is 18.1. The van der Waals surface area contributed by atoms with Gasteiger partial charge in [0.25, 0.3) is 0 Å². The Kier molecular flexibility index (Phi) is 6.41. The molecule has 0 saturated heterocycles. The third-order valence-corrected chi connectivity index (χ3v) is 5.15. The summed E-state index contributed by atoms with van der Waals surface area (Å²) in [6.45, 7) is 2.90. The van der Waals surface area contributed by atoms with Gasteiger partial charge in [0.15, 0.2) is 12.4 Å². The highest BCUT2D eigenvalue weighted by Crippen LogP contribution is 2.36. The van der Waals surface area contributed by atoms with E-state index in [4.69, 9.17) is 16.3 Å². The number of halogens is 5. The molecule has 160 valence electrons. The average Bonchev–Trinajstić information content (AvgIpc) is 3.25. The highest BCUT2D eigenvalue weighted by molar-refractivity contribution is 9.10. The lowest BCUT2D eigenvalue weighted by Gasteiger charge is -2.13. The summed E-state index contributed by atoms with van der Waals surface area (Å²) >= 11 is 9.07. The van der Waals surface area contributed by atoms with Crippen LogP contribution in [0.5, 0.6) is 5.75 Å². The van der Waals surface area contributed by atoms with Gasteiger partial charge in [-0.25, -0.2) is 4.68 Å². The van der Waals surface area contributed by atoms with E-state index in [0.29, 0.717) is 11.4 Å². The summed E-state index contributed by atoms with van der Waals surface area (Å²) in [5.74, 6) is 0.0683. The van der Waals surface area contributed by atoms with Crippen molar-refractivity contribution in [3.05, 3.63) is 57.5 Å². The molecule has 1 aromatic carbocycles. The Bertz CT molecular complexity index is 1050. The van der Waals surface area contributed by atoms with Crippen molar-refractivity contribution in [2.24, 2.45) is 0 Å². The van der Waals surface area contributed by atoms with E-state index in [9.17, 15) is 18.0 Å². The molecular formula is C18H16BrClF3N5O2. The number of alkyl halides is 3. The second-order valence-electron chi connectivity index (χ2n) is 6.35. The number of nitrogens with zero attached hydrogens (tertiary/aromatic N) is 4. The zero-order valence-electron chi connectivity index (χ0n) is 15.7. The molecule has 3 aromatic rings. The first kappa shape index (κ1) is 22.2. The molecule has 0 spiro atoms. The molecule has 2 aromatic heterocycles. The first-order chi connectivity index (χ1) is 14.1. The minimum absolute atomic E-state index is 0.0465. The van der Waals surface area contributed by atoms with Gasteiger partial charge in [0, 0.05) is 4.47 Å². The van der Waals surface area contributed by atoms with Crippen LogP contribution in [-0.2, 0) is 17.7 Å². The number of rotatable bonds is 6. The molecule has 0 aliphatic rings. The van der Waals surface area contributed by atoms with E-state index < -0.39 is 28.8 Å². The lowest BCUT2D eigenvalue weighted by atomic mass is 10.3. The molecular weight excluding hydrogens is 491 g/mol. The molecule has 0 bridgehead atoms. The Morgan fingerprint density at radius 3 is 2.60 bits per heavy atom. The smallest absolute Gasteiger partial charge is 0.436 e. The quantitative estimate of drug-likeness (QED) is 0.507. The van der Waals surface area contributed by atoms with Gasteiger partial charge in [-0.15, -0.1) is 0 Å². The molecule has 1 amide bonds. The SMILES string of the molecule is Cc1c(Cl)c(C(F)(F)F)nn1C(C)C(=O)Nc1cnn(COc2ccc(Br)cc2)c1. The third kappa shape index (κ3) is 4.96. The predicted octanol–water partition coefficient (Wildman–Crippen LogP) is 5.06. The average molecular weight is 507 g/mol. The second-order valence-corrected chi connectivity index (χ2v) is 7.65. The minimum Gasteiger partial charge on any atom is -0.471 e. The van der Waals surface area contributed by atoms with Crippen LogP contribution in [0.1, 0.15) is 24.4 Å². The van der Waals surface area contributed by atoms with Crippen molar-refractivity contribution >= 4 is 39.1 Å². The highest BCUT2D eigenvalue weighted by atomic mass is 79.9. The van der Waals surface area contributed by atoms with Crippen molar-refractivity contribution in [2.75, 3.05) is 5.32 Å². The maximum Gasteiger partial charge on any atom is 0.436 e. The Balaban J connectivity index is 1.64. The van der Waals surface area contributed by atoms with Crippen molar-refractivity contribution in [3.63, 3.8) is 0 Å². The number of hydrogen-bond donors (Lipinski definition) is 1. The molecule has 7 nitrogen and oxygen atoms in total. The van der Waals surface area contributed by atoms with E-state index >= 15 is 0 Å². The summed E-state index contributed by atoms with van der Waals surface area (Å²) in [4.78, 5) is 12.5. The normalized spacial score (nSPS) is 12.6. The first-order valence-corrected chi connectivity index (χ1v) is 9.77. The molecule has 2 heterocycles. The van der Waals surface area contributed by atoms with E-state index in [-0.39, 0.29) is 12.4 Å². The van der Waals surface area contributed by atoms with Gasteiger partial charge in [0.2, 0.25) is 5.91 Å². The first-order valence-electron chi connectivity index (χ1n) is 8.59. The molecule has 0 aliphatic carbocycles. The fourth-order valence-electron chi connectivity index (χ4n) is 2.58. The minimum atomic E-state index is -4.71. The van der Waals surface area contributed by atoms with Crippen molar-refractivity contribution in [3.8, 4) is 5.75 Å². The van der Waals surface area contributed by atoms with Crippen molar-refractivity contribution < 1.29 is 22.7 Å². The highest BCUT2D eigenvalue weighted by Gasteiger charge is 2.39. The van der Waals surface area contributed by atoms with Gasteiger partial charge in [-0.05, 0) is 38.1 Å². The van der Waals surface area contributed by atoms with Gasteiger partial charge >= 0.3 is 6.18 Å². The lowest BCUT2D eigenvalue weighted by Crippen LogP contribution is -2.25. The largest absolute Gasteiger partial charge is 0.471 e. The molecule has 0 saturated carbocycles. The van der Waals surface area contributed by atoms with Crippen LogP contribution >= 0.6 is 27.5 Å². The molecule has 3 rings (SSSR count). The van der Waals surface area contributed by atoms with Gasteiger partial charge in [-0.1, -0.05) is 27.5 Å². The predicted molar refractivity (Wildman–Crippen MR) is 107 cm³/mol. The monoisotopic (exact) mass is 505 g/mol. The summed E-state index contributed by atoms with van der Waals surface area (Å²) in [7, 11) is 0. The Morgan fingerprint density at radius 1 is 1.33 bits per heavy atom. The number of ether oxygens (including phenoxy) is 1. The molecule has 0 aliphatic heterocycles. The molecule has 0 fully saturated rings. The molecule has 1 atom stereocenters. The molecule has 1 unspecified atom stereocenters. The van der Waals surface area contributed by atoms with Crippen LogP contribution in [-0.4, -0.2) is 25.5 Å². The van der Waals surface area contributed by atoms with Crippen molar-refractivity contribution in [1.29, 1.82) is 0 Å². The molecule has 12 heteroatoms. The fourth-order valence-corrected chi connectivity index (χ4v) is 3.08. The summed E-state index contributed by atoms with van der Waals surface area (Å²) in [6.07, 6.45) is -1.77. The Morgan fingerprint density at radius 2 is 2.00 bits per heavy atom. The van der Waals surface area contributed by atoms with Gasteiger partial charge in [-0.2, -0.15) is 23.4 Å². The van der Waals surface area contributed by atoms with Crippen LogP contribution < -0.4 is 10.1 Å². The summed E-state index contributed by atoms with van der Waals surface area (Å²) < 4.78 is 47.9. The Hall–Kier alpha value is -2.53. The second kappa shape index (κ2) is 8.68. The maximum atomic E-state index is 13.0. The number of hydrogen-bond acceptors (Lipinski definition) is 4. The molecule has 0 radical (unpaired) electrons. The summed E-state index contributed by atoms with van der Waals surface area (Å²) in [6, 6.07) is 6.20. The van der Waals surface area contributed by atoms with Crippen LogP contribution in [0.2, 0.25) is 5.02 Å². The lowest BCUT2D eigenvalue weighted by molar-refractivity contribution is -0.141. The number of carbonyl (C=O) groups excluding carboxylic acids is 1. The zero-order chi connectivity index (χ0) is 22.1. The number of amides is 1. The number of nitrogens with one attached hydrogen (secondary N) is 1. The number of anilines is 1. The van der Waals surface area contributed by atoms with Gasteiger partial charge < -0.3 is 10.1 Å². The van der Waals surface area contributed by atoms with Crippen LogP contribution in [0.25, 0.3) is 0 Å². The van der Waals surface area contributed by atoms with E-state index in [1.807, 2.05) is 12.1 Å². The topological polar surface area (TPSA) is 74.0 Å². The van der Waals surface area contributed by atoms with E-state index in [1.54, 1.807) is 12.1 Å². The number of benzene rings is 1. The van der Waals surface area contributed by atoms with Gasteiger partial charge in [-0.3, -0.25) is 9.48 Å². The Labute approximate surface area is 182 Å². The number of aromatic nitrogens is 4. The number of carbonyl (C=O) groups is 1.